The minimum Gasteiger partial charge on any atom is -0.278 e. The SMILES string of the molecule is N#Cc1ccc(-c2nc(-c3ccccc3)nc(-n3c4ccccc4c4cc5c(cc43)C3(c4ccccc4-c4ccccc43)c3ccccc3-5)n2)c(-c2ccccc2)c1. The maximum absolute atomic E-state index is 9.95. The van der Waals surface area contributed by atoms with Crippen LogP contribution in [0.1, 0.15) is 27.8 Å². The lowest BCUT2D eigenvalue weighted by Crippen LogP contribution is -2.25. The quantitative estimate of drug-likeness (QED) is 0.180. The molecule has 2 heterocycles. The van der Waals surface area contributed by atoms with Crippen molar-refractivity contribution in [2.24, 2.45) is 0 Å². The molecule has 0 aliphatic heterocycles. The second-order valence-corrected chi connectivity index (χ2v) is 15.0. The van der Waals surface area contributed by atoms with E-state index in [1.54, 1.807) is 0 Å². The Bertz CT molecular complexity index is 3310. The van der Waals surface area contributed by atoms with Crippen molar-refractivity contribution < 1.29 is 0 Å². The first-order valence-corrected chi connectivity index (χ1v) is 19.5. The fourth-order valence-corrected chi connectivity index (χ4v) is 9.74. The lowest BCUT2D eigenvalue weighted by Gasteiger charge is -2.30. The van der Waals surface area contributed by atoms with Crippen LogP contribution >= 0.6 is 0 Å². The largest absolute Gasteiger partial charge is 0.278 e. The average molecular weight is 738 g/mol. The third kappa shape index (κ3) is 4.43. The van der Waals surface area contributed by atoms with Gasteiger partial charge in [-0.1, -0.05) is 152 Å². The molecule has 268 valence electrons. The highest BCUT2D eigenvalue weighted by atomic mass is 15.2. The summed E-state index contributed by atoms with van der Waals surface area (Å²) in [6.45, 7) is 0. The van der Waals surface area contributed by atoms with Gasteiger partial charge in [-0.05, 0) is 92.0 Å². The van der Waals surface area contributed by atoms with Gasteiger partial charge in [0.15, 0.2) is 11.6 Å². The molecule has 0 saturated carbocycles. The Kier molecular flexibility index (Phi) is 6.84. The summed E-state index contributed by atoms with van der Waals surface area (Å²) >= 11 is 0. The molecule has 0 bridgehead atoms. The molecule has 2 aromatic heterocycles. The van der Waals surface area contributed by atoms with Crippen molar-refractivity contribution in [3.05, 3.63) is 216 Å². The Hall–Kier alpha value is -7.94. The molecule has 0 radical (unpaired) electrons. The minimum atomic E-state index is -0.499. The average Bonchev–Trinajstić information content (AvgIpc) is 3.90. The highest BCUT2D eigenvalue weighted by Gasteiger charge is 2.51. The number of para-hydroxylation sites is 1. The van der Waals surface area contributed by atoms with Gasteiger partial charge in [0, 0.05) is 21.9 Å². The molecule has 12 rings (SSSR count). The van der Waals surface area contributed by atoms with Crippen LogP contribution in [0, 0.1) is 11.3 Å². The van der Waals surface area contributed by atoms with Gasteiger partial charge in [-0.2, -0.15) is 15.2 Å². The molecule has 58 heavy (non-hydrogen) atoms. The normalized spacial score (nSPS) is 12.9. The Balaban J connectivity index is 1.19. The number of aromatic nitrogens is 4. The van der Waals surface area contributed by atoms with Gasteiger partial charge in [0.05, 0.1) is 28.1 Å². The van der Waals surface area contributed by atoms with E-state index in [0.29, 0.717) is 23.2 Å². The van der Waals surface area contributed by atoms with Gasteiger partial charge in [-0.3, -0.25) is 4.57 Å². The lowest BCUT2D eigenvalue weighted by atomic mass is 9.70. The summed E-state index contributed by atoms with van der Waals surface area (Å²) in [5.41, 5.74) is 15.9. The molecule has 0 N–H and O–H groups in total. The summed E-state index contributed by atoms with van der Waals surface area (Å²) < 4.78 is 2.22. The first-order valence-electron chi connectivity index (χ1n) is 19.5. The van der Waals surface area contributed by atoms with Gasteiger partial charge >= 0.3 is 0 Å². The third-order valence-electron chi connectivity index (χ3n) is 12.1. The van der Waals surface area contributed by atoms with Gasteiger partial charge in [-0.25, -0.2) is 4.98 Å². The maximum atomic E-state index is 9.95. The molecule has 5 nitrogen and oxygen atoms in total. The first kappa shape index (κ1) is 32.3. The number of fused-ring (bicyclic) bond motifs is 13. The Morgan fingerprint density at radius 2 is 0.966 bits per heavy atom. The van der Waals surface area contributed by atoms with Gasteiger partial charge in [0.25, 0.3) is 0 Å². The van der Waals surface area contributed by atoms with Crippen molar-refractivity contribution in [2.45, 2.75) is 5.41 Å². The van der Waals surface area contributed by atoms with Gasteiger partial charge < -0.3 is 0 Å². The predicted octanol–water partition coefficient (Wildman–Crippen LogP) is 12.2. The molecule has 0 amide bonds. The second-order valence-electron chi connectivity index (χ2n) is 15.0. The molecule has 2 aliphatic rings. The van der Waals surface area contributed by atoms with Crippen molar-refractivity contribution in [3.8, 4) is 68.2 Å². The standard InChI is InChI=1S/C53H31N5/c54-32-33-27-28-40(41(29-33)34-15-3-1-4-16-34)51-55-50(35-17-5-2-6-18-35)56-52(57-51)58-48-26-14-10-22-39(48)43-30-42-38-21-9-13-25-46(38)53(47(42)31-49(43)58)44-23-11-7-19-36(44)37-20-8-12-24-45(37)53/h1-31H. The Labute approximate surface area is 334 Å². The number of hydrogen-bond acceptors (Lipinski definition) is 4. The van der Waals surface area contributed by atoms with E-state index in [2.05, 4.69) is 132 Å². The van der Waals surface area contributed by atoms with E-state index >= 15 is 0 Å². The van der Waals surface area contributed by atoms with Crippen molar-refractivity contribution in [3.63, 3.8) is 0 Å². The topological polar surface area (TPSA) is 67.4 Å². The van der Waals surface area contributed by atoms with Crippen molar-refractivity contribution in [1.82, 2.24) is 19.5 Å². The minimum absolute atomic E-state index is 0.499. The van der Waals surface area contributed by atoms with Crippen LogP contribution in [-0.2, 0) is 5.41 Å². The molecule has 10 aromatic rings. The molecule has 8 aromatic carbocycles. The number of benzene rings is 8. The maximum Gasteiger partial charge on any atom is 0.238 e. The number of nitriles is 1. The van der Waals surface area contributed by atoms with Crippen LogP contribution in [0.15, 0.2) is 188 Å². The van der Waals surface area contributed by atoms with Crippen molar-refractivity contribution in [2.75, 3.05) is 0 Å². The van der Waals surface area contributed by atoms with Crippen LogP contribution < -0.4 is 0 Å². The highest BCUT2D eigenvalue weighted by Crippen LogP contribution is 2.63. The molecule has 1 spiro atoms. The van der Waals surface area contributed by atoms with Gasteiger partial charge in [0.1, 0.15) is 0 Å². The van der Waals surface area contributed by atoms with E-state index in [1.807, 2.05) is 66.7 Å². The smallest absolute Gasteiger partial charge is 0.238 e. The number of nitrogens with zero attached hydrogens (tertiary/aromatic N) is 5. The zero-order chi connectivity index (χ0) is 38.4. The first-order chi connectivity index (χ1) is 28.7. The zero-order valence-electron chi connectivity index (χ0n) is 31.1. The Morgan fingerprint density at radius 1 is 0.397 bits per heavy atom. The summed E-state index contributed by atoms with van der Waals surface area (Å²) in [5.74, 6) is 1.62. The van der Waals surface area contributed by atoms with Gasteiger partial charge in [0.2, 0.25) is 5.95 Å². The van der Waals surface area contributed by atoms with Crippen LogP contribution in [0.4, 0.5) is 0 Å². The second kappa shape index (κ2) is 12.3. The monoisotopic (exact) mass is 737 g/mol. The molecule has 0 fully saturated rings. The van der Waals surface area contributed by atoms with Crippen LogP contribution in [0.5, 0.6) is 0 Å². The van der Waals surface area contributed by atoms with Crippen LogP contribution in [0.25, 0.3) is 83.9 Å². The number of hydrogen-bond donors (Lipinski definition) is 0. The van der Waals surface area contributed by atoms with E-state index < -0.39 is 5.41 Å². The molecular formula is C53H31N5. The predicted molar refractivity (Wildman–Crippen MR) is 231 cm³/mol. The van der Waals surface area contributed by atoms with E-state index in [0.717, 1.165) is 44.1 Å². The zero-order valence-corrected chi connectivity index (χ0v) is 31.1. The van der Waals surface area contributed by atoms with Crippen LogP contribution in [0.3, 0.4) is 0 Å². The molecule has 5 heteroatoms. The van der Waals surface area contributed by atoms with E-state index in [4.69, 9.17) is 15.0 Å². The molecule has 0 atom stereocenters. The lowest BCUT2D eigenvalue weighted by molar-refractivity contribution is 0.794. The Morgan fingerprint density at radius 3 is 1.64 bits per heavy atom. The summed E-state index contributed by atoms with van der Waals surface area (Å²) in [7, 11) is 0. The van der Waals surface area contributed by atoms with Gasteiger partial charge in [-0.15, -0.1) is 0 Å². The summed E-state index contributed by atoms with van der Waals surface area (Å²) in [6, 6.07) is 68.4. The third-order valence-corrected chi connectivity index (χ3v) is 12.1. The molecule has 2 aliphatic carbocycles. The fraction of sp³-hybridized carbons (Fsp3) is 0.0189. The van der Waals surface area contributed by atoms with Crippen molar-refractivity contribution >= 4 is 21.8 Å². The van der Waals surface area contributed by atoms with E-state index in [-0.39, 0.29) is 0 Å². The highest BCUT2D eigenvalue weighted by molar-refractivity contribution is 6.12. The van der Waals surface area contributed by atoms with Crippen molar-refractivity contribution in [1.29, 1.82) is 5.26 Å². The van der Waals surface area contributed by atoms with E-state index in [9.17, 15) is 5.26 Å². The summed E-state index contributed by atoms with van der Waals surface area (Å²) in [4.78, 5) is 15.8. The van der Waals surface area contributed by atoms with Crippen LogP contribution in [-0.4, -0.2) is 19.5 Å². The van der Waals surface area contributed by atoms with Crippen LogP contribution in [0.2, 0.25) is 0 Å². The fourth-order valence-electron chi connectivity index (χ4n) is 9.74. The molecular weight excluding hydrogens is 707 g/mol. The van der Waals surface area contributed by atoms with E-state index in [1.165, 1.54) is 44.5 Å². The summed E-state index contributed by atoms with van der Waals surface area (Å²) in [5, 5.41) is 12.2. The molecule has 0 saturated heterocycles. The molecule has 0 unspecified atom stereocenters. The summed E-state index contributed by atoms with van der Waals surface area (Å²) in [6.07, 6.45) is 0. The number of rotatable bonds is 4.